The molecule has 2 heterocycles. The molecule has 2 aromatic heterocycles. The van der Waals surface area contributed by atoms with Crippen molar-refractivity contribution in [3.05, 3.63) is 68.9 Å². The Kier molecular flexibility index (Phi) is 5.10. The van der Waals surface area contributed by atoms with Crippen LogP contribution in [0.3, 0.4) is 0 Å². The van der Waals surface area contributed by atoms with Crippen LogP contribution >= 0.6 is 11.3 Å². The molecular weight excluding hydrogens is 388 g/mol. The van der Waals surface area contributed by atoms with Gasteiger partial charge in [-0.15, -0.1) is 0 Å². The van der Waals surface area contributed by atoms with E-state index < -0.39 is 15.9 Å². The minimum absolute atomic E-state index is 0.0340. The summed E-state index contributed by atoms with van der Waals surface area (Å²) in [6.45, 7) is 1.69. The first-order valence-electron chi connectivity index (χ1n) is 7.79. The maximum Gasteiger partial charge on any atom is 0.307 e. The summed E-state index contributed by atoms with van der Waals surface area (Å²) >= 11 is 0.860. The highest BCUT2D eigenvalue weighted by molar-refractivity contribution is 7.92. The molecule has 140 valence electrons. The third kappa shape index (κ3) is 4.07. The van der Waals surface area contributed by atoms with Crippen LogP contribution < -0.4 is 14.9 Å². The summed E-state index contributed by atoms with van der Waals surface area (Å²) < 4.78 is 28.5. The number of pyridine rings is 1. The molecule has 3 rings (SSSR count). The van der Waals surface area contributed by atoms with Crippen LogP contribution in [0.1, 0.15) is 15.4 Å². The maximum absolute atomic E-state index is 12.4. The molecule has 0 spiro atoms. The first-order valence-corrected chi connectivity index (χ1v) is 10.1. The maximum atomic E-state index is 12.4. The van der Waals surface area contributed by atoms with Crippen LogP contribution in [0, 0.1) is 6.92 Å². The summed E-state index contributed by atoms with van der Waals surface area (Å²) in [5.41, 5.74) is 0.987. The number of amides is 1. The summed E-state index contributed by atoms with van der Waals surface area (Å²) in [5.74, 6) is -0.207. The highest BCUT2D eigenvalue weighted by Crippen LogP contribution is 2.19. The molecule has 10 heteroatoms. The van der Waals surface area contributed by atoms with E-state index in [2.05, 4.69) is 15.0 Å². The van der Waals surface area contributed by atoms with E-state index in [1.807, 2.05) is 0 Å². The Morgan fingerprint density at radius 2 is 1.85 bits per heavy atom. The van der Waals surface area contributed by atoms with Crippen molar-refractivity contribution in [3.8, 4) is 0 Å². The molecular formula is C17H16N4O4S2. The Balaban J connectivity index is 1.76. The molecule has 0 saturated carbocycles. The first-order chi connectivity index (χ1) is 12.8. The van der Waals surface area contributed by atoms with E-state index in [0.29, 0.717) is 16.3 Å². The monoisotopic (exact) mass is 404 g/mol. The number of thiazole rings is 1. The zero-order chi connectivity index (χ0) is 19.6. The Hall–Kier alpha value is -2.98. The van der Waals surface area contributed by atoms with Crippen molar-refractivity contribution in [2.24, 2.45) is 7.05 Å². The lowest BCUT2D eigenvalue weighted by atomic mass is 10.3. The van der Waals surface area contributed by atoms with Crippen molar-refractivity contribution in [1.29, 1.82) is 0 Å². The van der Waals surface area contributed by atoms with Crippen molar-refractivity contribution < 1.29 is 13.2 Å². The van der Waals surface area contributed by atoms with E-state index in [1.165, 1.54) is 35.0 Å². The van der Waals surface area contributed by atoms with Crippen LogP contribution in [0.2, 0.25) is 0 Å². The Morgan fingerprint density at radius 3 is 2.41 bits per heavy atom. The van der Waals surface area contributed by atoms with Gasteiger partial charge in [0.25, 0.3) is 15.9 Å². The Bertz CT molecular complexity index is 1130. The fraction of sp³-hybridized carbons (Fsp3) is 0.118. The molecule has 0 saturated heterocycles. The highest BCUT2D eigenvalue weighted by Gasteiger charge is 2.17. The third-order valence-electron chi connectivity index (χ3n) is 3.83. The zero-order valence-corrected chi connectivity index (χ0v) is 16.1. The molecule has 3 aromatic rings. The van der Waals surface area contributed by atoms with Gasteiger partial charge in [-0.25, -0.2) is 13.4 Å². The van der Waals surface area contributed by atoms with Gasteiger partial charge in [0.2, 0.25) is 0 Å². The lowest BCUT2D eigenvalue weighted by Crippen LogP contribution is -2.15. The van der Waals surface area contributed by atoms with Crippen LogP contribution in [0.5, 0.6) is 0 Å². The molecule has 1 aromatic carbocycles. The minimum Gasteiger partial charge on any atom is -0.321 e. The molecule has 1 amide bonds. The van der Waals surface area contributed by atoms with Crippen molar-refractivity contribution in [2.45, 2.75) is 11.8 Å². The molecule has 0 fully saturated rings. The predicted molar refractivity (Wildman–Crippen MR) is 104 cm³/mol. The van der Waals surface area contributed by atoms with Gasteiger partial charge in [0.05, 0.1) is 4.90 Å². The molecule has 2 N–H and O–H groups in total. The summed E-state index contributed by atoms with van der Waals surface area (Å²) in [7, 11) is -2.19. The van der Waals surface area contributed by atoms with Gasteiger partial charge >= 0.3 is 4.87 Å². The van der Waals surface area contributed by atoms with Gasteiger partial charge in [-0.3, -0.25) is 14.3 Å². The first kappa shape index (κ1) is 18.8. The topological polar surface area (TPSA) is 110 Å². The van der Waals surface area contributed by atoms with Gasteiger partial charge in [0, 0.05) is 24.6 Å². The summed E-state index contributed by atoms with van der Waals surface area (Å²) in [4.78, 5) is 28.0. The van der Waals surface area contributed by atoms with E-state index >= 15 is 0 Å². The largest absolute Gasteiger partial charge is 0.321 e. The number of hydrogen-bond donors (Lipinski definition) is 2. The standard InChI is InChI=1S/C17H16N4O4S2/c1-11-15(26-17(23)21(11)2)16(22)19-12-6-8-13(9-7-12)27(24,25)20-14-5-3-4-10-18-14/h3-10H,1-2H3,(H,18,20)(H,19,22). The van der Waals surface area contributed by atoms with Crippen molar-refractivity contribution in [3.63, 3.8) is 0 Å². The number of benzene rings is 1. The van der Waals surface area contributed by atoms with Gasteiger partial charge in [0.15, 0.2) is 0 Å². The number of rotatable bonds is 5. The smallest absolute Gasteiger partial charge is 0.307 e. The van der Waals surface area contributed by atoms with Crippen molar-refractivity contribution in [2.75, 3.05) is 10.0 Å². The molecule has 0 aliphatic rings. The highest BCUT2D eigenvalue weighted by atomic mass is 32.2. The van der Waals surface area contributed by atoms with Crippen LogP contribution in [-0.4, -0.2) is 23.9 Å². The van der Waals surface area contributed by atoms with Crippen LogP contribution in [0.25, 0.3) is 0 Å². The molecule has 0 aliphatic heterocycles. The van der Waals surface area contributed by atoms with Gasteiger partial charge in [-0.05, 0) is 43.3 Å². The number of nitrogens with zero attached hydrogens (tertiary/aromatic N) is 2. The predicted octanol–water partition coefficient (Wildman–Crippen LogP) is 2.20. The van der Waals surface area contributed by atoms with Crippen LogP contribution in [-0.2, 0) is 17.1 Å². The Morgan fingerprint density at radius 1 is 1.15 bits per heavy atom. The van der Waals surface area contributed by atoms with E-state index in [9.17, 15) is 18.0 Å². The second kappa shape index (κ2) is 7.33. The molecule has 0 atom stereocenters. The van der Waals surface area contributed by atoms with E-state index in [0.717, 1.165) is 11.3 Å². The van der Waals surface area contributed by atoms with Gasteiger partial charge in [0.1, 0.15) is 10.7 Å². The quantitative estimate of drug-likeness (QED) is 0.677. The van der Waals surface area contributed by atoms with Gasteiger partial charge in [-0.1, -0.05) is 17.4 Å². The van der Waals surface area contributed by atoms with Gasteiger partial charge in [-0.2, -0.15) is 0 Å². The van der Waals surface area contributed by atoms with Gasteiger partial charge < -0.3 is 9.88 Å². The zero-order valence-electron chi connectivity index (χ0n) is 14.5. The summed E-state index contributed by atoms with van der Waals surface area (Å²) in [6.07, 6.45) is 1.48. The minimum atomic E-state index is -3.79. The lowest BCUT2D eigenvalue weighted by molar-refractivity contribution is 0.102. The number of nitrogens with one attached hydrogen (secondary N) is 2. The van der Waals surface area contributed by atoms with E-state index in [1.54, 1.807) is 32.2 Å². The average molecular weight is 404 g/mol. The number of aromatic nitrogens is 2. The number of sulfonamides is 1. The summed E-state index contributed by atoms with van der Waals surface area (Å²) in [6, 6.07) is 10.6. The molecule has 0 unspecified atom stereocenters. The second-order valence-electron chi connectivity index (χ2n) is 5.64. The number of anilines is 2. The molecule has 0 radical (unpaired) electrons. The van der Waals surface area contributed by atoms with Crippen LogP contribution in [0.4, 0.5) is 11.5 Å². The number of carbonyl (C=O) groups is 1. The number of carbonyl (C=O) groups excluding carboxylic acids is 1. The molecule has 0 bridgehead atoms. The summed E-state index contributed by atoms with van der Waals surface area (Å²) in [5, 5.41) is 2.66. The van der Waals surface area contributed by atoms with Crippen molar-refractivity contribution in [1.82, 2.24) is 9.55 Å². The fourth-order valence-electron chi connectivity index (χ4n) is 2.25. The molecule has 0 aliphatic carbocycles. The van der Waals surface area contributed by atoms with E-state index in [4.69, 9.17) is 0 Å². The van der Waals surface area contributed by atoms with Crippen LogP contribution in [0.15, 0.2) is 58.4 Å². The van der Waals surface area contributed by atoms with E-state index in [-0.39, 0.29) is 15.6 Å². The average Bonchev–Trinajstić information content (AvgIpc) is 2.90. The normalized spacial score (nSPS) is 11.2. The SMILES string of the molecule is Cc1c(C(=O)Nc2ccc(S(=O)(=O)Nc3ccccn3)cc2)sc(=O)n1C. The Labute approximate surface area is 159 Å². The second-order valence-corrected chi connectivity index (χ2v) is 8.28. The lowest BCUT2D eigenvalue weighted by Gasteiger charge is -2.09. The van der Waals surface area contributed by atoms with Crippen molar-refractivity contribution >= 4 is 38.8 Å². The number of hydrogen-bond acceptors (Lipinski definition) is 6. The third-order valence-corrected chi connectivity index (χ3v) is 6.33. The molecule has 8 nitrogen and oxygen atoms in total. The fourth-order valence-corrected chi connectivity index (χ4v) is 4.14. The molecule has 27 heavy (non-hydrogen) atoms.